The maximum absolute atomic E-state index is 13.9. The van der Waals surface area contributed by atoms with E-state index >= 15 is 0 Å². The molecule has 1 aliphatic carbocycles. The summed E-state index contributed by atoms with van der Waals surface area (Å²) < 4.78 is 27.8. The lowest BCUT2D eigenvalue weighted by atomic mass is 9.80. The number of nitrogens with zero attached hydrogens (tertiary/aromatic N) is 1. The van der Waals surface area contributed by atoms with E-state index < -0.39 is 17.3 Å². The molecule has 0 amide bonds. The first kappa shape index (κ1) is 23.9. The largest absolute Gasteiger partial charge is 0.204 e. The Bertz CT molecular complexity index is 1060. The van der Waals surface area contributed by atoms with Gasteiger partial charge in [-0.25, -0.2) is 8.78 Å². The second kappa shape index (κ2) is 12.3. The van der Waals surface area contributed by atoms with Gasteiger partial charge in [0.15, 0.2) is 11.6 Å². The Balaban J connectivity index is 1.57. The van der Waals surface area contributed by atoms with E-state index in [0.29, 0.717) is 5.92 Å². The maximum Gasteiger partial charge on any atom is 0.153 e. The van der Waals surface area contributed by atoms with Crippen LogP contribution in [0.5, 0.6) is 0 Å². The Kier molecular flexibility index (Phi) is 9.18. The van der Waals surface area contributed by atoms with Crippen molar-refractivity contribution < 1.29 is 8.78 Å². The number of thiocarbonyl (C=S) groups is 1. The van der Waals surface area contributed by atoms with Crippen molar-refractivity contribution in [2.45, 2.75) is 58.3 Å². The highest BCUT2D eigenvalue weighted by atomic mass is 32.1. The Morgan fingerprint density at radius 1 is 0.875 bits per heavy atom. The lowest BCUT2D eigenvalue weighted by Gasteiger charge is -2.25. The number of halogens is 2. The minimum atomic E-state index is -0.813. The molecule has 0 bridgehead atoms. The number of hydrogen-bond donors (Lipinski definition) is 0. The molecule has 0 aromatic heterocycles. The summed E-state index contributed by atoms with van der Waals surface area (Å²) >= 11 is 4.40. The number of unbranched alkanes of at least 4 members (excludes halogenated alkanes) is 2. The summed E-state index contributed by atoms with van der Waals surface area (Å²) in [6.07, 6.45) is 10.4. The second-order valence-corrected chi connectivity index (χ2v) is 8.48. The van der Waals surface area contributed by atoms with Crippen LogP contribution in [0.2, 0.25) is 0 Å². The Labute approximate surface area is 195 Å². The van der Waals surface area contributed by atoms with Crippen molar-refractivity contribution in [2.75, 3.05) is 0 Å². The van der Waals surface area contributed by atoms with E-state index in [0.717, 1.165) is 29.2 Å². The van der Waals surface area contributed by atoms with Gasteiger partial charge in [0.05, 0.1) is 5.16 Å². The van der Waals surface area contributed by atoms with Gasteiger partial charge in [0.2, 0.25) is 0 Å². The molecule has 1 aliphatic rings. The number of aliphatic imine (C=N–C) groups is 1. The second-order valence-electron chi connectivity index (χ2n) is 8.30. The Morgan fingerprint density at radius 2 is 1.47 bits per heavy atom. The van der Waals surface area contributed by atoms with Crippen molar-refractivity contribution in [2.24, 2.45) is 16.8 Å². The van der Waals surface area contributed by atoms with E-state index in [2.05, 4.69) is 47.8 Å². The summed E-state index contributed by atoms with van der Waals surface area (Å²) in [7, 11) is 0. The molecule has 0 atom stereocenters. The highest BCUT2D eigenvalue weighted by Crippen LogP contribution is 2.31. The average Bonchev–Trinajstić information content (AvgIpc) is 2.80. The first-order valence-corrected chi connectivity index (χ1v) is 11.7. The number of benzene rings is 2. The van der Waals surface area contributed by atoms with Crippen LogP contribution in [0.3, 0.4) is 0 Å². The van der Waals surface area contributed by atoms with Crippen molar-refractivity contribution in [1.29, 1.82) is 0 Å². The molecule has 2 aromatic rings. The first-order chi connectivity index (χ1) is 15.6. The van der Waals surface area contributed by atoms with Crippen LogP contribution in [0, 0.1) is 47.2 Å². The molecule has 0 unspecified atom stereocenters. The van der Waals surface area contributed by atoms with Crippen LogP contribution in [0.1, 0.15) is 75.0 Å². The Morgan fingerprint density at radius 3 is 2.06 bits per heavy atom. The number of rotatable bonds is 5. The third kappa shape index (κ3) is 7.13. The van der Waals surface area contributed by atoms with Gasteiger partial charge in [0.25, 0.3) is 0 Å². The molecular weight excluding hydrogens is 420 g/mol. The van der Waals surface area contributed by atoms with Gasteiger partial charge >= 0.3 is 0 Å². The van der Waals surface area contributed by atoms with Crippen LogP contribution < -0.4 is 0 Å². The van der Waals surface area contributed by atoms with Crippen LogP contribution >= 0.6 is 12.2 Å². The lowest BCUT2D eigenvalue weighted by Crippen LogP contribution is -2.13. The molecule has 3 rings (SSSR count). The highest BCUT2D eigenvalue weighted by molar-refractivity contribution is 7.78. The van der Waals surface area contributed by atoms with Gasteiger partial charge < -0.3 is 0 Å². The van der Waals surface area contributed by atoms with E-state index in [1.165, 1.54) is 51.4 Å². The molecule has 0 aliphatic heterocycles. The lowest BCUT2D eigenvalue weighted by molar-refractivity contribution is 0.294. The first-order valence-electron chi connectivity index (χ1n) is 11.3. The van der Waals surface area contributed by atoms with Crippen molar-refractivity contribution in [3.8, 4) is 23.7 Å². The number of hydrogen-bond acceptors (Lipinski definition) is 2. The van der Waals surface area contributed by atoms with Gasteiger partial charge in [-0.3, -0.25) is 0 Å². The third-order valence-corrected chi connectivity index (χ3v) is 5.99. The Hall–Kier alpha value is -2.78. The average molecular weight is 448 g/mol. The van der Waals surface area contributed by atoms with Gasteiger partial charge in [0, 0.05) is 22.6 Å². The summed E-state index contributed by atoms with van der Waals surface area (Å²) in [6.45, 7) is 2.26. The van der Waals surface area contributed by atoms with Gasteiger partial charge in [-0.15, -0.1) is 0 Å². The van der Waals surface area contributed by atoms with Crippen LogP contribution in [0.4, 0.5) is 14.5 Å². The molecule has 0 radical (unpaired) electrons. The summed E-state index contributed by atoms with van der Waals surface area (Å²) in [4.78, 5) is 3.40. The van der Waals surface area contributed by atoms with Crippen molar-refractivity contribution >= 4 is 23.1 Å². The minimum absolute atomic E-state index is 0.234. The quantitative estimate of drug-likeness (QED) is 0.197. The standard InChI is InChI=1S/C28H27F2NS/c1-2-3-4-5-21-6-8-22(9-7-21)10-11-23-12-14-24(15-13-23)16-17-25-18-26(29)28(31-20-32)27(30)19-25/h12-15,18-19,21-22H,2-9H2,1H3. The minimum Gasteiger partial charge on any atom is -0.204 e. The zero-order valence-corrected chi connectivity index (χ0v) is 19.2. The molecule has 1 fully saturated rings. The third-order valence-electron chi connectivity index (χ3n) is 5.89. The van der Waals surface area contributed by atoms with E-state index in [1.807, 2.05) is 29.4 Å². The van der Waals surface area contributed by atoms with Crippen LogP contribution in [0.25, 0.3) is 0 Å². The molecule has 4 heteroatoms. The summed E-state index contributed by atoms with van der Waals surface area (Å²) in [5.74, 6) is 12.2. The van der Waals surface area contributed by atoms with E-state index in [-0.39, 0.29) is 5.56 Å². The SMILES string of the molecule is CCCCCC1CCC(C#Cc2ccc(C#Cc3cc(F)c(N=C=S)c(F)c3)cc2)CC1. The van der Waals surface area contributed by atoms with Crippen LogP contribution in [0.15, 0.2) is 41.4 Å². The van der Waals surface area contributed by atoms with Gasteiger partial charge in [-0.05, 0) is 80.2 Å². The van der Waals surface area contributed by atoms with Gasteiger partial charge in [0.1, 0.15) is 5.69 Å². The molecule has 164 valence electrons. The maximum atomic E-state index is 13.9. The fourth-order valence-electron chi connectivity index (χ4n) is 4.04. The van der Waals surface area contributed by atoms with E-state index in [9.17, 15) is 8.78 Å². The summed E-state index contributed by atoms with van der Waals surface area (Å²) in [5, 5.41) is 1.97. The fourth-order valence-corrected chi connectivity index (χ4v) is 4.13. The highest BCUT2D eigenvalue weighted by Gasteiger charge is 2.19. The molecule has 1 saturated carbocycles. The van der Waals surface area contributed by atoms with Gasteiger partial charge in [-0.1, -0.05) is 56.3 Å². The molecule has 1 nitrogen and oxygen atoms in total. The van der Waals surface area contributed by atoms with Gasteiger partial charge in [-0.2, -0.15) is 4.99 Å². The van der Waals surface area contributed by atoms with E-state index in [4.69, 9.17) is 0 Å². The monoisotopic (exact) mass is 447 g/mol. The molecule has 2 aromatic carbocycles. The zero-order valence-electron chi connectivity index (χ0n) is 18.4. The van der Waals surface area contributed by atoms with Crippen molar-refractivity contribution in [1.82, 2.24) is 0 Å². The molecular formula is C28H27F2NS. The topological polar surface area (TPSA) is 12.4 Å². The van der Waals surface area contributed by atoms with Crippen LogP contribution in [-0.2, 0) is 0 Å². The smallest absolute Gasteiger partial charge is 0.153 e. The summed E-state index contributed by atoms with van der Waals surface area (Å²) in [6, 6.07) is 9.90. The predicted molar refractivity (Wildman–Crippen MR) is 130 cm³/mol. The van der Waals surface area contributed by atoms with Crippen molar-refractivity contribution in [3.63, 3.8) is 0 Å². The molecule has 32 heavy (non-hydrogen) atoms. The zero-order chi connectivity index (χ0) is 22.8. The number of isothiocyanates is 1. The summed E-state index contributed by atoms with van der Waals surface area (Å²) in [5.41, 5.74) is 1.50. The molecule has 0 saturated heterocycles. The van der Waals surface area contributed by atoms with Crippen molar-refractivity contribution in [3.05, 3.63) is 64.7 Å². The predicted octanol–water partition coefficient (Wildman–Crippen LogP) is 7.84. The molecule has 0 spiro atoms. The molecule has 0 heterocycles. The van der Waals surface area contributed by atoms with Crippen LogP contribution in [-0.4, -0.2) is 5.16 Å². The fraction of sp³-hybridized carbons (Fsp3) is 0.393. The molecule has 0 N–H and O–H groups in total. The van der Waals surface area contributed by atoms with E-state index in [1.54, 1.807) is 0 Å². The normalized spacial score (nSPS) is 17.3.